The van der Waals surface area contributed by atoms with Crippen LogP contribution in [0.1, 0.15) is 0 Å². The highest BCUT2D eigenvalue weighted by Crippen LogP contribution is 2.46. The number of hydrogen-bond donors (Lipinski definition) is 0. The average Bonchev–Trinajstić information content (AvgIpc) is 3.91. The predicted molar refractivity (Wildman–Crippen MR) is 223 cm³/mol. The Balaban J connectivity index is 1.17. The van der Waals surface area contributed by atoms with Crippen LogP contribution in [0.15, 0.2) is 164 Å². The van der Waals surface area contributed by atoms with E-state index in [0.717, 1.165) is 61.1 Å². The van der Waals surface area contributed by atoms with Crippen LogP contribution in [-0.4, -0.2) is 23.9 Å². The Morgan fingerprint density at radius 1 is 0.434 bits per heavy atom. The molecule has 0 spiro atoms. The molecule has 0 atom stereocenters. The van der Waals surface area contributed by atoms with Crippen molar-refractivity contribution in [3.05, 3.63) is 164 Å². The van der Waals surface area contributed by atoms with Crippen molar-refractivity contribution in [2.45, 2.75) is 0 Å². The van der Waals surface area contributed by atoms with Gasteiger partial charge in [-0.3, -0.25) is 0 Å². The van der Waals surface area contributed by atoms with E-state index < -0.39 is 0 Å². The third-order valence-electron chi connectivity index (χ3n) is 10.7. The first-order valence-corrected chi connectivity index (χ1v) is 18.7. The van der Waals surface area contributed by atoms with Gasteiger partial charge < -0.3 is 4.57 Å². The molecule has 12 aromatic rings. The molecule has 0 aliphatic heterocycles. The first-order valence-electron chi connectivity index (χ1n) is 17.8. The van der Waals surface area contributed by atoms with Crippen molar-refractivity contribution < 1.29 is 0 Å². The second kappa shape index (κ2) is 10.8. The van der Waals surface area contributed by atoms with Crippen molar-refractivity contribution in [2.24, 2.45) is 0 Å². The third-order valence-corrected chi connectivity index (χ3v) is 12.0. The number of fused-ring (bicyclic) bond motifs is 15. The minimum absolute atomic E-state index is 0.704. The van der Waals surface area contributed by atoms with E-state index in [9.17, 15) is 0 Å². The van der Waals surface area contributed by atoms with Gasteiger partial charge in [0.15, 0.2) is 16.2 Å². The highest BCUT2D eigenvalue weighted by molar-refractivity contribution is 7.25. The summed E-state index contributed by atoms with van der Waals surface area (Å²) in [4.78, 5) is 16.9. The molecule has 5 nitrogen and oxygen atoms in total. The van der Waals surface area contributed by atoms with Gasteiger partial charge in [-0.15, -0.1) is 0 Å². The van der Waals surface area contributed by atoms with Gasteiger partial charge in [-0.05, 0) is 65.9 Å². The van der Waals surface area contributed by atoms with Gasteiger partial charge in [0.1, 0.15) is 0 Å². The zero-order chi connectivity index (χ0) is 34.6. The van der Waals surface area contributed by atoms with Gasteiger partial charge in [0.05, 0.1) is 38.7 Å². The molecule has 0 saturated carbocycles. The highest BCUT2D eigenvalue weighted by atomic mass is 32.1. The second-order valence-electron chi connectivity index (χ2n) is 13.7. The minimum Gasteiger partial charge on any atom is -0.309 e. The fourth-order valence-electron chi connectivity index (χ4n) is 8.49. The molecule has 0 fully saturated rings. The van der Waals surface area contributed by atoms with Crippen molar-refractivity contribution in [3.8, 4) is 28.3 Å². The van der Waals surface area contributed by atoms with Crippen LogP contribution >= 0.6 is 11.3 Å². The van der Waals surface area contributed by atoms with E-state index in [4.69, 9.17) is 15.0 Å². The van der Waals surface area contributed by atoms with Crippen LogP contribution in [-0.2, 0) is 0 Å². The summed E-state index contributed by atoms with van der Waals surface area (Å²) in [6.45, 7) is 0. The van der Waals surface area contributed by atoms with E-state index in [-0.39, 0.29) is 0 Å². The van der Waals surface area contributed by atoms with Crippen molar-refractivity contribution >= 4 is 91.8 Å². The van der Waals surface area contributed by atoms with Gasteiger partial charge in [-0.2, -0.15) is 0 Å². The molecule has 0 N–H and O–H groups in total. The lowest BCUT2D eigenvalue weighted by atomic mass is 10.0. The molecule has 0 radical (unpaired) electrons. The topological polar surface area (TPSA) is 48.0 Å². The Bertz CT molecular complexity index is 3460. The van der Waals surface area contributed by atoms with Crippen LogP contribution in [0.5, 0.6) is 0 Å². The maximum atomic E-state index is 5.37. The van der Waals surface area contributed by atoms with Gasteiger partial charge in [-0.1, -0.05) is 109 Å². The summed E-state index contributed by atoms with van der Waals surface area (Å²) in [5, 5.41) is 8.47. The summed E-state index contributed by atoms with van der Waals surface area (Å²) < 4.78 is 6.15. The normalized spacial score (nSPS) is 12.2. The monoisotopic (exact) mass is 694 g/mol. The summed E-state index contributed by atoms with van der Waals surface area (Å²) in [6, 6.07) is 58.1. The van der Waals surface area contributed by atoms with E-state index in [0.29, 0.717) is 5.82 Å². The van der Waals surface area contributed by atoms with Gasteiger partial charge in [0.2, 0.25) is 0 Å². The average molecular weight is 695 g/mol. The molecule has 0 saturated heterocycles. The van der Waals surface area contributed by atoms with Crippen LogP contribution in [0.4, 0.5) is 0 Å². The molecule has 5 heterocycles. The molecular formula is C47H28N5S+. The molecule has 0 bridgehead atoms. The summed E-state index contributed by atoms with van der Waals surface area (Å²) >= 11 is 1.20. The molecule has 0 amide bonds. The third kappa shape index (κ3) is 4.04. The minimum atomic E-state index is 0.704. The van der Waals surface area contributed by atoms with Crippen LogP contribution in [0.25, 0.3) is 109 Å². The maximum absolute atomic E-state index is 5.37. The van der Waals surface area contributed by atoms with Crippen LogP contribution < -0.4 is 0 Å². The van der Waals surface area contributed by atoms with E-state index in [1.807, 2.05) is 12.1 Å². The number of para-hydroxylation sites is 4. The second-order valence-corrected chi connectivity index (χ2v) is 14.8. The summed E-state index contributed by atoms with van der Waals surface area (Å²) in [6.07, 6.45) is 0. The predicted octanol–water partition coefficient (Wildman–Crippen LogP) is 12.1. The highest BCUT2D eigenvalue weighted by Gasteiger charge is 2.25. The van der Waals surface area contributed by atoms with E-state index >= 15 is 0 Å². The molecule has 0 unspecified atom stereocenters. The molecular weight excluding hydrogens is 667 g/mol. The molecule has 6 heteroatoms. The van der Waals surface area contributed by atoms with Crippen LogP contribution in [0.2, 0.25) is 0 Å². The van der Waals surface area contributed by atoms with Crippen molar-refractivity contribution in [3.63, 3.8) is 0 Å². The summed E-state index contributed by atoms with van der Waals surface area (Å²) in [5.74, 6) is 0.704. The summed E-state index contributed by atoms with van der Waals surface area (Å²) in [5.41, 5.74) is 10.4. The Labute approximate surface area is 306 Å². The standard InChI is InChI=1S/C47H27N5S/c1-2-13-28(14-3-1)44-31-17-4-7-20-35(31)48-45(50-44)29-15-12-16-30(27-29)51-37-22-9-5-18-32(37)42-39(51)26-25-34-41-33-19-6-11-24-40(33)53-47(41)52-38-23-10-8-21-36(38)49-46(52)43(34)42/h1-27H/p+1. The lowest BCUT2D eigenvalue weighted by Gasteiger charge is -2.12. The smallest absolute Gasteiger partial charge is 0.260 e. The Morgan fingerprint density at radius 3 is 2.04 bits per heavy atom. The van der Waals surface area contributed by atoms with Gasteiger partial charge in [-0.25, -0.2) is 19.4 Å². The molecule has 5 aromatic heterocycles. The number of aromatic nitrogens is 5. The molecule has 53 heavy (non-hydrogen) atoms. The largest absolute Gasteiger partial charge is 0.309 e. The number of pyridine rings is 1. The van der Waals surface area contributed by atoms with E-state index in [1.165, 1.54) is 53.2 Å². The Kier molecular flexibility index (Phi) is 5.87. The molecule has 246 valence electrons. The van der Waals surface area contributed by atoms with Crippen LogP contribution in [0.3, 0.4) is 0 Å². The van der Waals surface area contributed by atoms with Gasteiger partial charge >= 0.3 is 0 Å². The van der Waals surface area contributed by atoms with E-state index in [2.05, 4.69) is 161 Å². The number of benzene rings is 7. The zero-order valence-electron chi connectivity index (χ0n) is 28.3. The SMILES string of the molecule is c1ccc(-c2nc(-c3cccc(-n4c5ccccc5c5c6c(ccc54)c4c5ccccc5[sH+]c4n4c5ccccc5nc64)c3)nc3ccccc23)cc1. The fourth-order valence-corrected chi connectivity index (χ4v) is 9.84. The first kappa shape index (κ1) is 28.8. The van der Waals surface area contributed by atoms with E-state index in [1.54, 1.807) is 0 Å². The van der Waals surface area contributed by atoms with Crippen molar-refractivity contribution in [2.75, 3.05) is 0 Å². The Hall–Kier alpha value is -6.89. The number of imidazole rings is 1. The maximum Gasteiger partial charge on any atom is 0.260 e. The zero-order valence-corrected chi connectivity index (χ0v) is 29.2. The quantitative estimate of drug-likeness (QED) is 0.173. The van der Waals surface area contributed by atoms with Gasteiger partial charge in [0.25, 0.3) is 4.83 Å². The van der Waals surface area contributed by atoms with Crippen LogP contribution in [0, 0.1) is 0 Å². The Morgan fingerprint density at radius 2 is 1.15 bits per heavy atom. The molecule has 0 aliphatic carbocycles. The number of thiophene rings is 1. The van der Waals surface area contributed by atoms with Crippen molar-refractivity contribution in [1.82, 2.24) is 23.9 Å². The fraction of sp³-hybridized carbons (Fsp3) is 0. The lowest BCUT2D eigenvalue weighted by molar-refractivity contribution is 1.17. The molecule has 12 rings (SSSR count). The lowest BCUT2D eigenvalue weighted by Crippen LogP contribution is -1.98. The molecule has 7 aromatic carbocycles. The summed E-state index contributed by atoms with van der Waals surface area (Å²) in [7, 11) is 0. The van der Waals surface area contributed by atoms with Gasteiger partial charge in [0, 0.05) is 49.1 Å². The first-order chi connectivity index (χ1) is 26.3. The van der Waals surface area contributed by atoms with Crippen molar-refractivity contribution in [1.29, 1.82) is 0 Å². The number of rotatable bonds is 3. The number of hydrogen-bond acceptors (Lipinski definition) is 3. The number of nitrogens with zero attached hydrogens (tertiary/aromatic N) is 5. The molecule has 0 aliphatic rings.